The minimum atomic E-state index is -0.655. The first kappa shape index (κ1) is 17.7. The maximum absolute atomic E-state index is 13.3. The van der Waals surface area contributed by atoms with Crippen LogP contribution in [0.2, 0.25) is 0 Å². The summed E-state index contributed by atoms with van der Waals surface area (Å²) in [5.41, 5.74) is 8.26. The van der Waals surface area contributed by atoms with Crippen LogP contribution in [0.1, 0.15) is 24.9 Å². The number of hydrogen-bond acceptors (Lipinski definition) is 6. The van der Waals surface area contributed by atoms with Gasteiger partial charge in [0.15, 0.2) is 5.82 Å². The zero-order valence-electron chi connectivity index (χ0n) is 15.1. The number of benzene rings is 1. The van der Waals surface area contributed by atoms with Gasteiger partial charge in [-0.15, -0.1) is 0 Å². The van der Waals surface area contributed by atoms with Crippen molar-refractivity contribution in [2.24, 2.45) is 5.73 Å². The van der Waals surface area contributed by atoms with Crippen LogP contribution in [0.5, 0.6) is 0 Å². The summed E-state index contributed by atoms with van der Waals surface area (Å²) >= 11 is 0. The minimum absolute atomic E-state index is 0.310. The van der Waals surface area contributed by atoms with Crippen molar-refractivity contribution in [3.63, 3.8) is 0 Å². The van der Waals surface area contributed by atoms with Crippen LogP contribution in [-0.2, 0) is 9.47 Å². The first-order valence-electron chi connectivity index (χ1n) is 8.59. The first-order valence-corrected chi connectivity index (χ1v) is 8.59. The molecule has 7 nitrogen and oxygen atoms in total. The fraction of sp³-hybridized carbons (Fsp3) is 0.316. The topological polar surface area (TPSA) is 98.9 Å². The summed E-state index contributed by atoms with van der Waals surface area (Å²) in [5, 5.41) is 0. The maximum Gasteiger partial charge on any atom is 0.217 e. The number of aromatic amines is 1. The molecule has 1 fully saturated rings. The van der Waals surface area contributed by atoms with Gasteiger partial charge in [0, 0.05) is 11.8 Å². The zero-order valence-corrected chi connectivity index (χ0v) is 15.1. The summed E-state index contributed by atoms with van der Waals surface area (Å²) < 4.78 is 24.8. The van der Waals surface area contributed by atoms with Gasteiger partial charge in [-0.2, -0.15) is 0 Å². The summed E-state index contributed by atoms with van der Waals surface area (Å²) in [6, 6.07) is 7.92. The van der Waals surface area contributed by atoms with Crippen LogP contribution in [0.25, 0.3) is 22.6 Å². The number of nitrogens with two attached hydrogens (primary N) is 1. The monoisotopic (exact) mass is 369 g/mol. The van der Waals surface area contributed by atoms with E-state index in [4.69, 9.17) is 15.2 Å². The molecule has 2 aromatic heterocycles. The highest BCUT2D eigenvalue weighted by atomic mass is 19.1. The van der Waals surface area contributed by atoms with Gasteiger partial charge >= 0.3 is 0 Å². The summed E-state index contributed by atoms with van der Waals surface area (Å²) in [5.74, 6) is 0.837. The van der Waals surface area contributed by atoms with Crippen LogP contribution in [0.3, 0.4) is 0 Å². The summed E-state index contributed by atoms with van der Waals surface area (Å²) in [6.45, 7) is 4.39. The average Bonchev–Trinajstić information content (AvgIpc) is 3.07. The van der Waals surface area contributed by atoms with E-state index < -0.39 is 11.8 Å². The number of imidazole rings is 1. The van der Waals surface area contributed by atoms with E-state index in [1.165, 1.54) is 12.1 Å². The molecule has 0 bridgehead atoms. The molecule has 1 aliphatic heterocycles. The van der Waals surface area contributed by atoms with E-state index in [0.29, 0.717) is 41.9 Å². The predicted molar refractivity (Wildman–Crippen MR) is 97.0 cm³/mol. The second kappa shape index (κ2) is 6.80. The number of aryl methyl sites for hydroxylation is 1. The molecule has 4 rings (SSSR count). The third-order valence-electron chi connectivity index (χ3n) is 4.22. The lowest BCUT2D eigenvalue weighted by Crippen LogP contribution is -2.50. The first-order chi connectivity index (χ1) is 12.9. The molecular formula is C19H20FN5O2. The smallest absolute Gasteiger partial charge is 0.217 e. The third-order valence-corrected chi connectivity index (χ3v) is 4.22. The van der Waals surface area contributed by atoms with Gasteiger partial charge in [0.2, 0.25) is 6.29 Å². The number of nitrogens with zero attached hydrogens (tertiary/aromatic N) is 3. The molecular weight excluding hydrogens is 349 g/mol. The minimum Gasteiger partial charge on any atom is -0.344 e. The summed E-state index contributed by atoms with van der Waals surface area (Å²) in [6.07, 6.45) is 1.03. The average molecular weight is 369 g/mol. The fourth-order valence-electron chi connectivity index (χ4n) is 2.88. The Hall–Kier alpha value is -2.68. The molecule has 0 radical (unpaired) electrons. The molecule has 3 N–H and O–H groups in total. The normalized spacial score (nSPS) is 22.7. The Morgan fingerprint density at radius 3 is 2.52 bits per heavy atom. The lowest BCUT2D eigenvalue weighted by Gasteiger charge is -2.33. The number of halogens is 1. The van der Waals surface area contributed by atoms with Crippen molar-refractivity contribution in [1.29, 1.82) is 0 Å². The second-order valence-electron chi connectivity index (χ2n) is 6.95. The van der Waals surface area contributed by atoms with Crippen LogP contribution in [-0.4, -0.2) is 38.7 Å². The van der Waals surface area contributed by atoms with Gasteiger partial charge in [-0.1, -0.05) is 0 Å². The molecule has 0 aliphatic carbocycles. The van der Waals surface area contributed by atoms with Crippen molar-refractivity contribution in [2.75, 3.05) is 13.2 Å². The highest BCUT2D eigenvalue weighted by Gasteiger charge is 2.32. The van der Waals surface area contributed by atoms with Crippen LogP contribution in [0.15, 0.2) is 36.5 Å². The molecule has 3 heterocycles. The van der Waals surface area contributed by atoms with Crippen molar-refractivity contribution in [2.45, 2.75) is 25.7 Å². The Kier molecular flexibility index (Phi) is 4.47. The Morgan fingerprint density at radius 2 is 1.85 bits per heavy atom. The van der Waals surface area contributed by atoms with Gasteiger partial charge in [0.1, 0.15) is 11.6 Å². The lowest BCUT2D eigenvalue weighted by molar-refractivity contribution is -0.211. The van der Waals surface area contributed by atoms with Crippen molar-refractivity contribution >= 4 is 0 Å². The van der Waals surface area contributed by atoms with Gasteiger partial charge < -0.3 is 20.2 Å². The number of hydrogen-bond donors (Lipinski definition) is 2. The molecule has 0 unspecified atom stereocenters. The largest absolute Gasteiger partial charge is 0.344 e. The fourth-order valence-corrected chi connectivity index (χ4v) is 2.88. The van der Waals surface area contributed by atoms with E-state index in [9.17, 15) is 4.39 Å². The molecule has 8 heteroatoms. The molecule has 0 amide bonds. The molecule has 3 aromatic rings. The number of ether oxygens (including phenoxy) is 2. The SMILES string of the molecule is Cc1nccc(-c2[nH]c(C3OCC(C)(N)CO3)nc2-c2ccc(F)cc2)n1. The highest BCUT2D eigenvalue weighted by molar-refractivity contribution is 5.76. The van der Waals surface area contributed by atoms with Gasteiger partial charge in [0.05, 0.1) is 35.8 Å². The van der Waals surface area contributed by atoms with Gasteiger partial charge in [-0.05, 0) is 44.2 Å². The van der Waals surface area contributed by atoms with Crippen LogP contribution >= 0.6 is 0 Å². The summed E-state index contributed by atoms with van der Waals surface area (Å²) in [7, 11) is 0. The Labute approximate surface area is 155 Å². The molecule has 1 saturated heterocycles. The Morgan fingerprint density at radius 1 is 1.15 bits per heavy atom. The Bertz CT molecular complexity index is 945. The third kappa shape index (κ3) is 3.73. The quantitative estimate of drug-likeness (QED) is 0.736. The van der Waals surface area contributed by atoms with Crippen LogP contribution in [0.4, 0.5) is 4.39 Å². The van der Waals surface area contributed by atoms with E-state index in [1.54, 1.807) is 24.4 Å². The van der Waals surface area contributed by atoms with Crippen LogP contribution in [0, 0.1) is 12.7 Å². The number of nitrogens with one attached hydrogen (secondary N) is 1. The molecule has 140 valence electrons. The standard InChI is InChI=1S/C19H20FN5O2/c1-11-22-8-7-14(23-11)16-15(12-3-5-13(20)6-4-12)24-17(25-16)18-26-9-19(2,21)10-27-18/h3-8,18H,9-10,21H2,1-2H3,(H,24,25). The molecule has 0 atom stereocenters. The highest BCUT2D eigenvalue weighted by Crippen LogP contribution is 2.33. The van der Waals surface area contributed by atoms with E-state index in [1.807, 2.05) is 13.8 Å². The van der Waals surface area contributed by atoms with Crippen LogP contribution < -0.4 is 5.73 Å². The molecule has 1 aliphatic rings. The van der Waals surface area contributed by atoms with E-state index in [2.05, 4.69) is 19.9 Å². The zero-order chi connectivity index (χ0) is 19.0. The van der Waals surface area contributed by atoms with E-state index in [0.717, 1.165) is 5.56 Å². The van der Waals surface area contributed by atoms with Crippen molar-refractivity contribution in [3.05, 3.63) is 54.0 Å². The summed E-state index contributed by atoms with van der Waals surface area (Å²) in [4.78, 5) is 16.5. The van der Waals surface area contributed by atoms with Gasteiger partial charge in [-0.3, -0.25) is 0 Å². The second-order valence-corrected chi connectivity index (χ2v) is 6.95. The predicted octanol–water partition coefficient (Wildman–Crippen LogP) is 2.74. The van der Waals surface area contributed by atoms with Gasteiger partial charge in [-0.25, -0.2) is 19.3 Å². The molecule has 27 heavy (non-hydrogen) atoms. The molecule has 0 saturated carbocycles. The number of rotatable bonds is 3. The number of H-pyrrole nitrogens is 1. The lowest BCUT2D eigenvalue weighted by atomic mass is 10.1. The number of aromatic nitrogens is 4. The van der Waals surface area contributed by atoms with Crippen molar-refractivity contribution in [1.82, 2.24) is 19.9 Å². The van der Waals surface area contributed by atoms with E-state index in [-0.39, 0.29) is 5.82 Å². The molecule has 1 aromatic carbocycles. The van der Waals surface area contributed by atoms with Gasteiger partial charge in [0.25, 0.3) is 0 Å². The van der Waals surface area contributed by atoms with Crippen molar-refractivity contribution in [3.8, 4) is 22.6 Å². The Balaban J connectivity index is 1.76. The van der Waals surface area contributed by atoms with Crippen molar-refractivity contribution < 1.29 is 13.9 Å². The maximum atomic E-state index is 13.3. The molecule has 0 spiro atoms. The van der Waals surface area contributed by atoms with E-state index >= 15 is 0 Å².